The third-order valence-corrected chi connectivity index (χ3v) is 3.95. The zero-order chi connectivity index (χ0) is 14.5. The van der Waals surface area contributed by atoms with Gasteiger partial charge in [-0.25, -0.2) is 9.97 Å². The van der Waals surface area contributed by atoms with E-state index in [1.807, 2.05) is 6.07 Å². The van der Waals surface area contributed by atoms with Crippen molar-refractivity contribution in [1.82, 2.24) is 9.97 Å². The Bertz CT molecular complexity index is 584. The second-order valence-electron chi connectivity index (χ2n) is 5.30. The van der Waals surface area contributed by atoms with Crippen LogP contribution in [-0.4, -0.2) is 9.97 Å². The summed E-state index contributed by atoms with van der Waals surface area (Å²) in [6.45, 7) is 6.45. The molecular formula is C16H19ClN2S. The van der Waals surface area contributed by atoms with Crippen molar-refractivity contribution in [2.45, 2.75) is 37.8 Å². The molecule has 2 rings (SSSR count). The maximum absolute atomic E-state index is 6.08. The first-order valence-corrected chi connectivity index (χ1v) is 8.11. The second-order valence-corrected chi connectivity index (χ2v) is 6.74. The van der Waals surface area contributed by atoms with Gasteiger partial charge in [-0.3, -0.25) is 0 Å². The summed E-state index contributed by atoms with van der Waals surface area (Å²) in [5.74, 6) is 2.12. The lowest BCUT2D eigenvalue weighted by Gasteiger charge is -2.07. The minimum Gasteiger partial charge on any atom is -0.237 e. The zero-order valence-electron chi connectivity index (χ0n) is 12.1. The summed E-state index contributed by atoms with van der Waals surface area (Å²) in [6, 6.07) is 10.3. The molecule has 0 aliphatic rings. The number of nitrogens with zero attached hydrogens (tertiary/aromatic N) is 2. The largest absolute Gasteiger partial charge is 0.237 e. The fraction of sp³-hybridized carbons (Fsp3) is 0.375. The van der Waals surface area contributed by atoms with Crippen molar-refractivity contribution in [3.05, 3.63) is 52.6 Å². The summed E-state index contributed by atoms with van der Waals surface area (Å²) in [7, 11) is 0. The van der Waals surface area contributed by atoms with Gasteiger partial charge in [-0.2, -0.15) is 0 Å². The van der Waals surface area contributed by atoms with Crippen molar-refractivity contribution in [1.29, 1.82) is 0 Å². The minimum atomic E-state index is 0.537. The Hall–Kier alpha value is -1.06. The summed E-state index contributed by atoms with van der Waals surface area (Å²) in [5.41, 5.74) is 2.29. The molecule has 4 heteroatoms. The summed E-state index contributed by atoms with van der Waals surface area (Å²) in [6.07, 6.45) is 0.935. The molecule has 0 fully saturated rings. The van der Waals surface area contributed by atoms with E-state index in [1.54, 1.807) is 11.8 Å². The van der Waals surface area contributed by atoms with Crippen LogP contribution < -0.4 is 0 Å². The summed E-state index contributed by atoms with van der Waals surface area (Å²) in [4.78, 5) is 10.1. The molecule has 106 valence electrons. The van der Waals surface area contributed by atoms with Crippen LogP contribution in [0, 0.1) is 12.8 Å². The van der Waals surface area contributed by atoms with Gasteiger partial charge in [-0.1, -0.05) is 43.1 Å². The van der Waals surface area contributed by atoms with Crippen LogP contribution in [0.3, 0.4) is 0 Å². The van der Waals surface area contributed by atoms with Gasteiger partial charge in [0.2, 0.25) is 0 Å². The fourth-order valence-corrected chi connectivity index (χ4v) is 3.05. The van der Waals surface area contributed by atoms with Gasteiger partial charge in [0.05, 0.1) is 5.75 Å². The van der Waals surface area contributed by atoms with Crippen LogP contribution in [0.25, 0.3) is 0 Å². The lowest BCUT2D eigenvalue weighted by atomic mass is 10.1. The smallest absolute Gasteiger partial charge is 0.140 e. The van der Waals surface area contributed by atoms with E-state index in [2.05, 4.69) is 55.0 Å². The quantitative estimate of drug-likeness (QED) is 0.578. The number of aromatic nitrogens is 2. The van der Waals surface area contributed by atoms with E-state index in [4.69, 9.17) is 11.6 Å². The van der Waals surface area contributed by atoms with E-state index in [9.17, 15) is 0 Å². The highest BCUT2D eigenvalue weighted by molar-refractivity contribution is 7.98. The highest BCUT2D eigenvalue weighted by Crippen LogP contribution is 2.23. The molecule has 1 aromatic heterocycles. The number of aryl methyl sites for hydroxylation is 1. The first-order chi connectivity index (χ1) is 9.52. The average molecular weight is 307 g/mol. The fourth-order valence-electron chi connectivity index (χ4n) is 1.96. The summed E-state index contributed by atoms with van der Waals surface area (Å²) in [5, 5.41) is 0.537. The molecule has 0 bridgehead atoms. The number of halogens is 1. The van der Waals surface area contributed by atoms with Crippen LogP contribution in [0.15, 0.2) is 35.2 Å². The number of thioether (sulfide) groups is 1. The van der Waals surface area contributed by atoms with Gasteiger partial charge in [-0.15, -0.1) is 11.8 Å². The molecule has 0 N–H and O–H groups in total. The number of rotatable bonds is 5. The number of benzene rings is 1. The van der Waals surface area contributed by atoms with Crippen molar-refractivity contribution in [2.75, 3.05) is 0 Å². The molecule has 0 atom stereocenters. The van der Waals surface area contributed by atoms with E-state index in [-0.39, 0.29) is 0 Å². The number of hydrogen-bond donors (Lipinski definition) is 0. The second kappa shape index (κ2) is 7.09. The van der Waals surface area contributed by atoms with Gasteiger partial charge >= 0.3 is 0 Å². The normalized spacial score (nSPS) is 11.1. The molecule has 0 saturated heterocycles. The molecule has 0 aliphatic heterocycles. The maximum atomic E-state index is 6.08. The summed E-state index contributed by atoms with van der Waals surface area (Å²) < 4.78 is 0. The Balaban J connectivity index is 2.07. The lowest BCUT2D eigenvalue weighted by molar-refractivity contribution is 0.632. The van der Waals surface area contributed by atoms with Crippen LogP contribution in [0.2, 0.25) is 5.15 Å². The van der Waals surface area contributed by atoms with Gasteiger partial charge in [-0.05, 0) is 37.5 Å². The average Bonchev–Trinajstić information content (AvgIpc) is 2.35. The molecule has 0 spiro atoms. The standard InChI is InChI=1S/C16H19ClN2S/c1-11(2)7-13-9-15(17)19-16(18-13)10-20-14-6-4-5-12(3)8-14/h4-6,8-9,11H,7,10H2,1-3H3. The van der Waals surface area contributed by atoms with Crippen molar-refractivity contribution in [3.8, 4) is 0 Å². The molecule has 20 heavy (non-hydrogen) atoms. The van der Waals surface area contributed by atoms with Crippen LogP contribution in [0.4, 0.5) is 0 Å². The van der Waals surface area contributed by atoms with E-state index >= 15 is 0 Å². The van der Waals surface area contributed by atoms with E-state index in [0.717, 1.165) is 23.7 Å². The third kappa shape index (κ3) is 4.80. The van der Waals surface area contributed by atoms with Crippen LogP contribution in [0.1, 0.15) is 30.9 Å². The van der Waals surface area contributed by atoms with Crippen LogP contribution in [0.5, 0.6) is 0 Å². The first-order valence-electron chi connectivity index (χ1n) is 6.74. The van der Waals surface area contributed by atoms with Crippen LogP contribution >= 0.6 is 23.4 Å². The SMILES string of the molecule is Cc1cccc(SCc2nc(Cl)cc(CC(C)C)n2)c1. The Morgan fingerprint density at radius 3 is 2.70 bits per heavy atom. The van der Waals surface area contributed by atoms with E-state index in [0.29, 0.717) is 11.1 Å². The Morgan fingerprint density at radius 2 is 2.00 bits per heavy atom. The monoisotopic (exact) mass is 306 g/mol. The molecular weight excluding hydrogens is 288 g/mol. The van der Waals surface area contributed by atoms with Gasteiger partial charge in [0.1, 0.15) is 11.0 Å². The number of hydrogen-bond acceptors (Lipinski definition) is 3. The molecule has 2 nitrogen and oxygen atoms in total. The topological polar surface area (TPSA) is 25.8 Å². The maximum Gasteiger partial charge on any atom is 0.140 e. The van der Waals surface area contributed by atoms with E-state index in [1.165, 1.54) is 10.5 Å². The van der Waals surface area contributed by atoms with Gasteiger partial charge in [0, 0.05) is 10.6 Å². The predicted molar refractivity (Wildman–Crippen MR) is 86.3 cm³/mol. The molecule has 0 saturated carbocycles. The Morgan fingerprint density at radius 1 is 1.20 bits per heavy atom. The van der Waals surface area contributed by atoms with Gasteiger partial charge in [0.25, 0.3) is 0 Å². The molecule has 0 radical (unpaired) electrons. The van der Waals surface area contributed by atoms with Gasteiger partial charge in [0.15, 0.2) is 0 Å². The van der Waals surface area contributed by atoms with Crippen molar-refractivity contribution in [2.24, 2.45) is 5.92 Å². The summed E-state index contributed by atoms with van der Waals surface area (Å²) >= 11 is 7.82. The molecule has 0 amide bonds. The van der Waals surface area contributed by atoms with Crippen LogP contribution in [-0.2, 0) is 12.2 Å². The van der Waals surface area contributed by atoms with E-state index < -0.39 is 0 Å². The predicted octanol–water partition coefficient (Wildman–Crippen LogP) is 4.93. The van der Waals surface area contributed by atoms with Crippen molar-refractivity contribution < 1.29 is 0 Å². The third-order valence-electron chi connectivity index (χ3n) is 2.77. The molecule has 1 aromatic carbocycles. The molecule has 1 heterocycles. The van der Waals surface area contributed by atoms with Crippen molar-refractivity contribution >= 4 is 23.4 Å². The molecule has 2 aromatic rings. The highest BCUT2D eigenvalue weighted by Gasteiger charge is 2.06. The highest BCUT2D eigenvalue weighted by atomic mass is 35.5. The van der Waals surface area contributed by atoms with Crippen molar-refractivity contribution in [3.63, 3.8) is 0 Å². The Labute approximate surface area is 130 Å². The van der Waals surface area contributed by atoms with Gasteiger partial charge < -0.3 is 0 Å². The molecule has 0 aliphatic carbocycles. The zero-order valence-corrected chi connectivity index (χ0v) is 13.6. The Kier molecular flexibility index (Phi) is 5.44. The first kappa shape index (κ1) is 15.3. The minimum absolute atomic E-state index is 0.537. The lowest BCUT2D eigenvalue weighted by Crippen LogP contribution is -2.02. The molecule has 0 unspecified atom stereocenters.